The molecule has 0 saturated carbocycles. The Balaban J connectivity index is 2.05. The fourth-order valence-electron chi connectivity index (χ4n) is 2.45. The minimum atomic E-state index is -0.166. The van der Waals surface area contributed by atoms with Gasteiger partial charge in [-0.05, 0) is 0 Å². The van der Waals surface area contributed by atoms with Gasteiger partial charge in [0.2, 0.25) is 6.41 Å². The van der Waals surface area contributed by atoms with Gasteiger partial charge in [0.05, 0.1) is 13.0 Å². The van der Waals surface area contributed by atoms with Gasteiger partial charge in [-0.15, -0.1) is 0 Å². The molecule has 2 aliphatic rings. The predicted octanol–water partition coefficient (Wildman–Crippen LogP) is -1.16. The topological polar surface area (TPSA) is 58.6 Å². The summed E-state index contributed by atoms with van der Waals surface area (Å²) in [6.45, 7) is 2.81. The monoisotopic (exact) mass is 198 g/mol. The number of nitrogens with zero attached hydrogens (tertiary/aromatic N) is 1. The fourth-order valence-corrected chi connectivity index (χ4v) is 2.45. The molecule has 0 radical (unpaired) electrons. The van der Waals surface area contributed by atoms with Gasteiger partial charge in [-0.2, -0.15) is 0 Å². The maximum atomic E-state index is 11.4. The van der Waals surface area contributed by atoms with Crippen LogP contribution in [0.3, 0.4) is 0 Å². The normalized spacial score (nSPS) is 28.6. The van der Waals surface area contributed by atoms with Gasteiger partial charge in [0, 0.05) is 31.6 Å². The van der Waals surface area contributed by atoms with Crippen LogP contribution >= 0.6 is 0 Å². The van der Waals surface area contributed by atoms with Crippen LogP contribution < -0.4 is 5.32 Å². The molecule has 1 N–H and O–H groups in total. The lowest BCUT2D eigenvalue weighted by Crippen LogP contribution is -2.61. The average molecular weight is 198 g/mol. The van der Waals surface area contributed by atoms with E-state index >= 15 is 0 Å². The largest absolute Gasteiger partial charge is 0.469 e. The molecule has 5 heteroatoms. The van der Waals surface area contributed by atoms with Gasteiger partial charge in [0.15, 0.2) is 0 Å². The maximum absolute atomic E-state index is 11.4. The summed E-state index contributed by atoms with van der Waals surface area (Å²) in [4.78, 5) is 23.6. The molecule has 1 amide bonds. The van der Waals surface area contributed by atoms with Gasteiger partial charge < -0.3 is 15.0 Å². The van der Waals surface area contributed by atoms with E-state index < -0.39 is 0 Å². The van der Waals surface area contributed by atoms with E-state index in [4.69, 9.17) is 4.74 Å². The summed E-state index contributed by atoms with van der Waals surface area (Å²) in [6, 6.07) is 0. The van der Waals surface area contributed by atoms with E-state index in [0.29, 0.717) is 19.6 Å². The molecule has 0 aromatic carbocycles. The van der Waals surface area contributed by atoms with Crippen molar-refractivity contribution in [2.45, 2.75) is 0 Å². The molecule has 0 bridgehead atoms. The van der Waals surface area contributed by atoms with E-state index in [2.05, 4.69) is 5.32 Å². The SMILES string of the molecule is COC(=O)C1CNCC12CN(C=O)C2. The smallest absolute Gasteiger partial charge is 0.310 e. The lowest BCUT2D eigenvalue weighted by molar-refractivity contribution is -0.155. The standard InChI is InChI=1S/C9H14N2O3/c1-14-8(13)7-2-10-3-9(7)4-11(5-9)6-12/h6-7,10H,2-5H2,1H3. The second-order valence-electron chi connectivity index (χ2n) is 4.08. The first-order chi connectivity index (χ1) is 6.72. The van der Waals surface area contributed by atoms with Crippen molar-refractivity contribution in [3.8, 4) is 0 Å². The summed E-state index contributed by atoms with van der Waals surface area (Å²) in [5, 5.41) is 3.18. The zero-order valence-corrected chi connectivity index (χ0v) is 8.16. The second kappa shape index (κ2) is 3.24. The maximum Gasteiger partial charge on any atom is 0.310 e. The number of carbonyl (C=O) groups is 2. The molecule has 2 saturated heterocycles. The number of carbonyl (C=O) groups excluding carboxylic acids is 2. The summed E-state index contributed by atoms with van der Waals surface area (Å²) in [5.74, 6) is -0.260. The highest BCUT2D eigenvalue weighted by Crippen LogP contribution is 2.40. The lowest BCUT2D eigenvalue weighted by Gasteiger charge is -2.48. The summed E-state index contributed by atoms with van der Waals surface area (Å²) in [5.41, 5.74) is -0.0615. The zero-order valence-electron chi connectivity index (χ0n) is 8.16. The van der Waals surface area contributed by atoms with E-state index in [1.165, 1.54) is 7.11 Å². The van der Waals surface area contributed by atoms with Crippen LogP contribution in [0.15, 0.2) is 0 Å². The number of amides is 1. The number of rotatable bonds is 2. The Bertz CT molecular complexity index is 261. The van der Waals surface area contributed by atoms with E-state index in [1.807, 2.05) is 0 Å². The first-order valence-corrected chi connectivity index (χ1v) is 4.70. The molecule has 1 atom stereocenters. The van der Waals surface area contributed by atoms with Crippen LogP contribution in [0.25, 0.3) is 0 Å². The highest BCUT2D eigenvalue weighted by molar-refractivity contribution is 5.75. The summed E-state index contributed by atoms with van der Waals surface area (Å²) in [7, 11) is 1.41. The molecule has 1 unspecified atom stereocenters. The van der Waals surface area contributed by atoms with Crippen molar-refractivity contribution in [1.29, 1.82) is 0 Å². The van der Waals surface area contributed by atoms with Crippen LogP contribution in [0.1, 0.15) is 0 Å². The Morgan fingerprint density at radius 1 is 1.64 bits per heavy atom. The number of hydrogen-bond acceptors (Lipinski definition) is 4. The van der Waals surface area contributed by atoms with Gasteiger partial charge in [-0.25, -0.2) is 0 Å². The molecule has 0 aromatic rings. The summed E-state index contributed by atoms with van der Waals surface area (Å²) in [6.07, 6.45) is 0.831. The molecule has 1 spiro atoms. The van der Waals surface area contributed by atoms with Gasteiger partial charge in [-0.1, -0.05) is 0 Å². The number of hydrogen-bond donors (Lipinski definition) is 1. The molecule has 2 fully saturated rings. The van der Waals surface area contributed by atoms with E-state index in [1.54, 1.807) is 4.90 Å². The third-order valence-electron chi connectivity index (χ3n) is 3.24. The van der Waals surface area contributed by atoms with E-state index in [9.17, 15) is 9.59 Å². The number of likely N-dealkylation sites (tertiary alicyclic amines) is 1. The van der Waals surface area contributed by atoms with Crippen LogP contribution in [-0.4, -0.2) is 50.6 Å². The molecule has 2 heterocycles. The molecule has 2 rings (SSSR count). The van der Waals surface area contributed by atoms with Gasteiger partial charge >= 0.3 is 5.97 Å². The summed E-state index contributed by atoms with van der Waals surface area (Å²) < 4.78 is 4.75. The fraction of sp³-hybridized carbons (Fsp3) is 0.778. The number of methoxy groups -OCH3 is 1. The van der Waals surface area contributed by atoms with E-state index in [-0.39, 0.29) is 17.3 Å². The van der Waals surface area contributed by atoms with Crippen LogP contribution in [0.2, 0.25) is 0 Å². The molecule has 0 aliphatic carbocycles. The molecule has 14 heavy (non-hydrogen) atoms. The number of nitrogens with one attached hydrogen (secondary N) is 1. The van der Waals surface area contributed by atoms with Crippen molar-refractivity contribution < 1.29 is 14.3 Å². The lowest BCUT2D eigenvalue weighted by atomic mass is 9.72. The van der Waals surface area contributed by atoms with Gasteiger partial charge in [-0.3, -0.25) is 9.59 Å². The molecule has 2 aliphatic heterocycles. The molecular formula is C9H14N2O3. The van der Waals surface area contributed by atoms with E-state index in [0.717, 1.165) is 13.0 Å². The number of ether oxygens (including phenoxy) is 1. The van der Waals surface area contributed by atoms with Crippen LogP contribution in [0, 0.1) is 11.3 Å². The first kappa shape index (κ1) is 9.45. The van der Waals surface area contributed by atoms with Crippen LogP contribution in [0.4, 0.5) is 0 Å². The average Bonchev–Trinajstić information content (AvgIpc) is 2.57. The second-order valence-corrected chi connectivity index (χ2v) is 4.08. The Labute approximate surface area is 82.4 Å². The minimum absolute atomic E-state index is 0.0615. The molecular weight excluding hydrogens is 184 g/mol. The summed E-state index contributed by atoms with van der Waals surface area (Å²) >= 11 is 0. The quantitative estimate of drug-likeness (QED) is 0.449. The Morgan fingerprint density at radius 2 is 2.36 bits per heavy atom. The van der Waals surface area contributed by atoms with Crippen molar-refractivity contribution >= 4 is 12.4 Å². The third kappa shape index (κ3) is 1.19. The molecule has 5 nitrogen and oxygen atoms in total. The van der Waals surface area contributed by atoms with Crippen molar-refractivity contribution in [3.63, 3.8) is 0 Å². The highest BCUT2D eigenvalue weighted by atomic mass is 16.5. The molecule has 0 aromatic heterocycles. The Morgan fingerprint density at radius 3 is 2.93 bits per heavy atom. The predicted molar refractivity (Wildman–Crippen MR) is 48.4 cm³/mol. The van der Waals surface area contributed by atoms with Crippen LogP contribution in [0.5, 0.6) is 0 Å². The Kier molecular flexibility index (Phi) is 2.19. The Hall–Kier alpha value is -1.10. The van der Waals surface area contributed by atoms with Gasteiger partial charge in [0.1, 0.15) is 0 Å². The molecule has 78 valence electrons. The van der Waals surface area contributed by atoms with Crippen molar-refractivity contribution in [1.82, 2.24) is 10.2 Å². The van der Waals surface area contributed by atoms with Crippen molar-refractivity contribution in [2.24, 2.45) is 11.3 Å². The van der Waals surface area contributed by atoms with Crippen LogP contribution in [-0.2, 0) is 14.3 Å². The first-order valence-electron chi connectivity index (χ1n) is 4.70. The van der Waals surface area contributed by atoms with Gasteiger partial charge in [0.25, 0.3) is 0 Å². The van der Waals surface area contributed by atoms with Crippen molar-refractivity contribution in [3.05, 3.63) is 0 Å². The zero-order chi connectivity index (χ0) is 10.2. The minimum Gasteiger partial charge on any atom is -0.469 e. The third-order valence-corrected chi connectivity index (χ3v) is 3.24. The van der Waals surface area contributed by atoms with Crippen molar-refractivity contribution in [2.75, 3.05) is 33.3 Å². The highest BCUT2D eigenvalue weighted by Gasteiger charge is 2.54. The number of esters is 1.